The predicted octanol–water partition coefficient (Wildman–Crippen LogP) is 5.32. The van der Waals surface area contributed by atoms with Crippen LogP contribution in [0.4, 0.5) is 13.2 Å². The maximum atomic E-state index is 13.7. The minimum Gasteiger partial charge on any atom is -0.477 e. The van der Waals surface area contributed by atoms with E-state index >= 15 is 0 Å². The van der Waals surface area contributed by atoms with Crippen molar-refractivity contribution in [2.24, 2.45) is 17.6 Å². The Balaban J connectivity index is 1.92. The standard InChI is InChI=1S/C22H24F3N3O/c1-14(11-26)9-15(2)13-29-21-19(22(23,24)25)10-16(12-28-21)17-7-8-27-20-6-4-3-5-18(17)20/h3-8,10,12,14-15H,9,11,13,26H2,1-2H3. The third kappa shape index (κ3) is 5.03. The third-order valence-electron chi connectivity index (χ3n) is 4.83. The van der Waals surface area contributed by atoms with Crippen LogP contribution >= 0.6 is 0 Å². The summed E-state index contributed by atoms with van der Waals surface area (Å²) in [6.07, 6.45) is -0.803. The van der Waals surface area contributed by atoms with Crippen molar-refractivity contribution >= 4 is 10.9 Å². The number of alkyl halides is 3. The molecule has 0 saturated carbocycles. The van der Waals surface area contributed by atoms with Gasteiger partial charge in [-0.05, 0) is 48.6 Å². The van der Waals surface area contributed by atoms with Gasteiger partial charge in [-0.2, -0.15) is 13.2 Å². The average molecular weight is 403 g/mol. The number of fused-ring (bicyclic) bond motifs is 1. The smallest absolute Gasteiger partial charge is 0.421 e. The molecule has 2 N–H and O–H groups in total. The van der Waals surface area contributed by atoms with Crippen LogP contribution in [-0.2, 0) is 6.18 Å². The lowest BCUT2D eigenvalue weighted by atomic mass is 9.98. The van der Waals surface area contributed by atoms with Crippen LogP contribution in [0.1, 0.15) is 25.8 Å². The van der Waals surface area contributed by atoms with Crippen molar-refractivity contribution < 1.29 is 17.9 Å². The topological polar surface area (TPSA) is 61.0 Å². The second-order valence-electron chi connectivity index (χ2n) is 7.44. The molecule has 2 heterocycles. The Labute approximate surface area is 167 Å². The fraction of sp³-hybridized carbons (Fsp3) is 0.364. The first kappa shape index (κ1) is 21.0. The van der Waals surface area contributed by atoms with Gasteiger partial charge in [-0.3, -0.25) is 4.98 Å². The van der Waals surface area contributed by atoms with E-state index in [2.05, 4.69) is 9.97 Å². The zero-order valence-electron chi connectivity index (χ0n) is 16.4. The van der Waals surface area contributed by atoms with Gasteiger partial charge >= 0.3 is 6.18 Å². The molecule has 0 aliphatic carbocycles. The molecule has 0 radical (unpaired) electrons. The Hall–Kier alpha value is -2.67. The van der Waals surface area contributed by atoms with Crippen LogP contribution < -0.4 is 10.5 Å². The predicted molar refractivity (Wildman–Crippen MR) is 107 cm³/mol. The quantitative estimate of drug-likeness (QED) is 0.580. The van der Waals surface area contributed by atoms with E-state index in [0.717, 1.165) is 17.9 Å². The van der Waals surface area contributed by atoms with Crippen LogP contribution in [0.5, 0.6) is 5.88 Å². The zero-order chi connectivity index (χ0) is 21.0. The summed E-state index contributed by atoms with van der Waals surface area (Å²) in [5.41, 5.74) is 6.46. The van der Waals surface area contributed by atoms with Crippen molar-refractivity contribution in [3.8, 4) is 17.0 Å². The van der Waals surface area contributed by atoms with Crippen LogP contribution in [0.25, 0.3) is 22.0 Å². The lowest BCUT2D eigenvalue weighted by molar-refractivity contribution is -0.139. The van der Waals surface area contributed by atoms with Gasteiger partial charge in [0.15, 0.2) is 0 Å². The summed E-state index contributed by atoms with van der Waals surface area (Å²) in [5.74, 6) is -0.0434. The van der Waals surface area contributed by atoms with Crippen molar-refractivity contribution in [3.05, 3.63) is 54.4 Å². The van der Waals surface area contributed by atoms with Gasteiger partial charge in [0.1, 0.15) is 5.56 Å². The molecule has 1 aromatic carbocycles. The second kappa shape index (κ2) is 8.78. The highest BCUT2D eigenvalue weighted by Crippen LogP contribution is 2.38. The van der Waals surface area contributed by atoms with Gasteiger partial charge in [-0.25, -0.2) is 4.98 Å². The summed E-state index contributed by atoms with van der Waals surface area (Å²) < 4.78 is 46.6. The largest absolute Gasteiger partial charge is 0.477 e. The summed E-state index contributed by atoms with van der Waals surface area (Å²) in [7, 11) is 0. The minimum absolute atomic E-state index is 0.0697. The molecule has 2 unspecified atom stereocenters. The van der Waals surface area contributed by atoms with Gasteiger partial charge in [0.05, 0.1) is 12.1 Å². The molecule has 0 spiro atoms. The first-order valence-electron chi connectivity index (χ1n) is 9.53. The van der Waals surface area contributed by atoms with Crippen molar-refractivity contribution in [2.45, 2.75) is 26.4 Å². The van der Waals surface area contributed by atoms with E-state index < -0.39 is 17.6 Å². The average Bonchev–Trinajstić information content (AvgIpc) is 2.71. The summed E-state index contributed by atoms with van der Waals surface area (Å²) in [4.78, 5) is 8.27. The molecule has 0 fully saturated rings. The number of aromatic nitrogens is 2. The molecule has 2 aromatic heterocycles. The molecule has 0 amide bonds. The molecule has 2 atom stereocenters. The number of hydrogen-bond donors (Lipinski definition) is 1. The second-order valence-corrected chi connectivity index (χ2v) is 7.44. The molecule has 0 aliphatic heterocycles. The molecular formula is C22H24F3N3O. The number of rotatable bonds is 7. The monoisotopic (exact) mass is 403 g/mol. The lowest BCUT2D eigenvalue weighted by Gasteiger charge is -2.19. The van der Waals surface area contributed by atoms with Crippen molar-refractivity contribution in [2.75, 3.05) is 13.2 Å². The molecule has 4 nitrogen and oxygen atoms in total. The van der Waals surface area contributed by atoms with Crippen molar-refractivity contribution in [3.63, 3.8) is 0 Å². The number of benzene rings is 1. The van der Waals surface area contributed by atoms with Gasteiger partial charge < -0.3 is 10.5 Å². The molecule has 29 heavy (non-hydrogen) atoms. The maximum absolute atomic E-state index is 13.7. The van der Waals surface area contributed by atoms with Crippen molar-refractivity contribution in [1.29, 1.82) is 0 Å². The van der Waals surface area contributed by atoms with E-state index in [-0.39, 0.29) is 18.4 Å². The maximum Gasteiger partial charge on any atom is 0.421 e. The molecule has 0 aliphatic rings. The van der Waals surface area contributed by atoms with Crippen LogP contribution in [0.3, 0.4) is 0 Å². The highest BCUT2D eigenvalue weighted by Gasteiger charge is 2.36. The molecular weight excluding hydrogens is 379 g/mol. The SMILES string of the molecule is CC(CN)CC(C)COc1ncc(-c2ccnc3ccccc23)cc1C(F)(F)F. The van der Waals surface area contributed by atoms with Gasteiger partial charge in [-0.1, -0.05) is 32.0 Å². The van der Waals surface area contributed by atoms with E-state index in [1.165, 1.54) is 6.20 Å². The number of hydrogen-bond acceptors (Lipinski definition) is 4. The van der Waals surface area contributed by atoms with Crippen LogP contribution in [-0.4, -0.2) is 23.1 Å². The molecule has 3 aromatic rings. The van der Waals surface area contributed by atoms with E-state index in [1.807, 2.05) is 38.1 Å². The minimum atomic E-state index is -4.57. The molecule has 0 saturated heterocycles. The highest BCUT2D eigenvalue weighted by atomic mass is 19.4. The van der Waals surface area contributed by atoms with Gasteiger partial charge in [0.25, 0.3) is 0 Å². The van der Waals surface area contributed by atoms with E-state index in [0.29, 0.717) is 23.2 Å². The summed E-state index contributed by atoms with van der Waals surface area (Å²) in [6, 6.07) is 10.1. The summed E-state index contributed by atoms with van der Waals surface area (Å²) in [6.45, 7) is 4.61. The number of para-hydroxylation sites is 1. The number of halogens is 3. The fourth-order valence-corrected chi connectivity index (χ4v) is 3.34. The lowest BCUT2D eigenvalue weighted by Crippen LogP contribution is -2.19. The van der Waals surface area contributed by atoms with E-state index in [4.69, 9.17) is 10.5 Å². The van der Waals surface area contributed by atoms with Crippen molar-refractivity contribution in [1.82, 2.24) is 9.97 Å². The molecule has 3 rings (SSSR count). The first-order chi connectivity index (χ1) is 13.8. The Kier molecular flexibility index (Phi) is 6.37. The molecule has 154 valence electrons. The normalized spacial score (nSPS) is 14.0. The molecule has 0 bridgehead atoms. The van der Waals surface area contributed by atoms with Gasteiger partial charge in [0.2, 0.25) is 5.88 Å². The number of pyridine rings is 2. The Morgan fingerprint density at radius 3 is 2.55 bits per heavy atom. The van der Waals surface area contributed by atoms with Crippen LogP contribution in [0, 0.1) is 11.8 Å². The zero-order valence-corrected chi connectivity index (χ0v) is 16.4. The Bertz CT molecular complexity index is 970. The summed E-state index contributed by atoms with van der Waals surface area (Å²) in [5, 5.41) is 0.767. The first-order valence-corrected chi connectivity index (χ1v) is 9.53. The number of nitrogens with two attached hydrogens (primary N) is 1. The highest BCUT2D eigenvalue weighted by molar-refractivity contribution is 5.94. The van der Waals surface area contributed by atoms with E-state index in [1.54, 1.807) is 12.3 Å². The number of ether oxygens (including phenoxy) is 1. The van der Waals surface area contributed by atoms with Crippen LogP contribution in [0.2, 0.25) is 0 Å². The summed E-state index contributed by atoms with van der Waals surface area (Å²) >= 11 is 0. The van der Waals surface area contributed by atoms with Crippen LogP contribution in [0.15, 0.2) is 48.8 Å². The Morgan fingerprint density at radius 1 is 1.07 bits per heavy atom. The van der Waals surface area contributed by atoms with Gasteiger partial charge in [0, 0.05) is 23.3 Å². The van der Waals surface area contributed by atoms with Gasteiger partial charge in [-0.15, -0.1) is 0 Å². The van der Waals surface area contributed by atoms with E-state index in [9.17, 15) is 13.2 Å². The fourth-order valence-electron chi connectivity index (χ4n) is 3.34. The molecule has 7 heteroatoms. The Morgan fingerprint density at radius 2 is 1.83 bits per heavy atom. The third-order valence-corrected chi connectivity index (χ3v) is 4.83. The number of nitrogens with zero attached hydrogens (tertiary/aromatic N) is 2.